The SMILES string of the molecule is CC(=O)SCC(O)NCC(F)(F)F. The normalized spacial score (nSPS) is 14.2. The van der Waals surface area contributed by atoms with E-state index in [0.717, 1.165) is 11.8 Å². The van der Waals surface area contributed by atoms with Crippen molar-refractivity contribution in [3.8, 4) is 0 Å². The fraction of sp³-hybridized carbons (Fsp3) is 0.833. The van der Waals surface area contributed by atoms with E-state index < -0.39 is 18.9 Å². The molecule has 0 saturated heterocycles. The van der Waals surface area contributed by atoms with Crippen molar-refractivity contribution in [2.45, 2.75) is 19.3 Å². The van der Waals surface area contributed by atoms with E-state index in [4.69, 9.17) is 5.11 Å². The molecular formula is C6H10F3NO2S. The molecule has 0 aromatic rings. The predicted molar refractivity (Wildman–Crippen MR) is 43.2 cm³/mol. The number of rotatable bonds is 4. The van der Waals surface area contributed by atoms with Crippen molar-refractivity contribution < 1.29 is 23.1 Å². The molecule has 0 aromatic carbocycles. The second kappa shape index (κ2) is 5.46. The van der Waals surface area contributed by atoms with Crippen LogP contribution < -0.4 is 5.32 Å². The van der Waals surface area contributed by atoms with Crippen LogP contribution in [-0.2, 0) is 4.79 Å². The second-order valence-electron chi connectivity index (χ2n) is 2.31. The molecule has 0 aliphatic rings. The molecule has 0 aromatic heterocycles. The summed E-state index contributed by atoms with van der Waals surface area (Å²) in [5, 5.41) is 10.5. The third kappa shape index (κ3) is 9.65. The number of carbonyl (C=O) groups is 1. The third-order valence-electron chi connectivity index (χ3n) is 0.983. The summed E-state index contributed by atoms with van der Waals surface area (Å²) in [4.78, 5) is 10.4. The molecular weight excluding hydrogens is 207 g/mol. The number of hydrogen-bond acceptors (Lipinski definition) is 4. The van der Waals surface area contributed by atoms with Gasteiger partial charge in [-0.15, -0.1) is 0 Å². The molecule has 0 rings (SSSR count). The van der Waals surface area contributed by atoms with Crippen LogP contribution in [0, 0.1) is 0 Å². The molecule has 1 atom stereocenters. The summed E-state index contributed by atoms with van der Waals surface area (Å²) < 4.78 is 34.7. The highest BCUT2D eigenvalue weighted by Gasteiger charge is 2.27. The largest absolute Gasteiger partial charge is 0.401 e. The van der Waals surface area contributed by atoms with E-state index in [2.05, 4.69) is 0 Å². The van der Waals surface area contributed by atoms with Crippen LogP contribution in [0.15, 0.2) is 0 Å². The van der Waals surface area contributed by atoms with Gasteiger partial charge in [0.25, 0.3) is 0 Å². The van der Waals surface area contributed by atoms with Gasteiger partial charge in [0, 0.05) is 12.7 Å². The van der Waals surface area contributed by atoms with E-state index in [1.165, 1.54) is 6.92 Å². The molecule has 0 aliphatic carbocycles. The first-order chi connectivity index (χ1) is 5.81. The fourth-order valence-corrected chi connectivity index (χ4v) is 0.999. The highest BCUT2D eigenvalue weighted by Crippen LogP contribution is 2.12. The lowest BCUT2D eigenvalue weighted by Gasteiger charge is -2.12. The molecule has 0 fully saturated rings. The lowest BCUT2D eigenvalue weighted by Crippen LogP contribution is -2.38. The van der Waals surface area contributed by atoms with Crippen LogP contribution in [0.5, 0.6) is 0 Å². The van der Waals surface area contributed by atoms with Crippen molar-refractivity contribution in [2.75, 3.05) is 12.3 Å². The summed E-state index contributed by atoms with van der Waals surface area (Å²) >= 11 is 0.771. The smallest absolute Gasteiger partial charge is 0.378 e. The number of aliphatic hydroxyl groups excluding tert-OH is 1. The number of hydrogen-bond donors (Lipinski definition) is 2. The van der Waals surface area contributed by atoms with E-state index in [0.29, 0.717) is 0 Å². The monoisotopic (exact) mass is 217 g/mol. The third-order valence-corrected chi connectivity index (χ3v) is 1.87. The van der Waals surface area contributed by atoms with Gasteiger partial charge in [0.15, 0.2) is 5.12 Å². The zero-order chi connectivity index (χ0) is 10.5. The average molecular weight is 217 g/mol. The van der Waals surface area contributed by atoms with Crippen molar-refractivity contribution in [2.24, 2.45) is 0 Å². The Hall–Kier alpha value is -0.270. The lowest BCUT2D eigenvalue weighted by atomic mass is 10.5. The predicted octanol–water partition coefficient (Wildman–Crippen LogP) is 0.736. The topological polar surface area (TPSA) is 49.3 Å². The minimum absolute atomic E-state index is 0.0780. The van der Waals surface area contributed by atoms with E-state index in [1.807, 2.05) is 5.32 Å². The Kier molecular flexibility index (Phi) is 5.34. The van der Waals surface area contributed by atoms with Crippen LogP contribution in [0.2, 0.25) is 0 Å². The van der Waals surface area contributed by atoms with Crippen molar-refractivity contribution >= 4 is 16.9 Å². The zero-order valence-electron chi connectivity index (χ0n) is 6.89. The van der Waals surface area contributed by atoms with Gasteiger partial charge in [0.1, 0.15) is 6.23 Å². The van der Waals surface area contributed by atoms with Gasteiger partial charge in [-0.3, -0.25) is 10.1 Å². The Morgan fingerprint density at radius 3 is 2.54 bits per heavy atom. The minimum atomic E-state index is -4.35. The van der Waals surface area contributed by atoms with Gasteiger partial charge in [-0.25, -0.2) is 0 Å². The molecule has 2 N–H and O–H groups in total. The Morgan fingerprint density at radius 1 is 1.62 bits per heavy atom. The summed E-state index contributed by atoms with van der Waals surface area (Å²) in [5.41, 5.74) is 0. The number of carbonyl (C=O) groups excluding carboxylic acids is 1. The van der Waals surface area contributed by atoms with Gasteiger partial charge in [-0.1, -0.05) is 11.8 Å². The van der Waals surface area contributed by atoms with Gasteiger partial charge in [0.2, 0.25) is 0 Å². The number of alkyl halides is 3. The maximum atomic E-state index is 11.6. The van der Waals surface area contributed by atoms with Crippen molar-refractivity contribution in [3.05, 3.63) is 0 Å². The van der Waals surface area contributed by atoms with Gasteiger partial charge in [-0.2, -0.15) is 13.2 Å². The molecule has 0 bridgehead atoms. The summed E-state index contributed by atoms with van der Waals surface area (Å²) in [6, 6.07) is 0. The first-order valence-electron chi connectivity index (χ1n) is 3.43. The maximum absolute atomic E-state index is 11.6. The molecule has 1 unspecified atom stereocenters. The maximum Gasteiger partial charge on any atom is 0.401 e. The number of thioether (sulfide) groups is 1. The summed E-state index contributed by atoms with van der Waals surface area (Å²) in [6.45, 7) is 0.0216. The Labute approximate surface area is 77.7 Å². The molecule has 3 nitrogen and oxygen atoms in total. The van der Waals surface area contributed by atoms with Crippen molar-refractivity contribution in [1.82, 2.24) is 5.32 Å². The van der Waals surface area contributed by atoms with Crippen molar-refractivity contribution in [1.29, 1.82) is 0 Å². The quantitative estimate of drug-likeness (QED) is 0.682. The van der Waals surface area contributed by atoms with Crippen LogP contribution in [0.1, 0.15) is 6.92 Å². The lowest BCUT2D eigenvalue weighted by molar-refractivity contribution is -0.130. The summed E-state index contributed by atoms with van der Waals surface area (Å²) in [5.74, 6) is -0.0780. The Morgan fingerprint density at radius 2 is 2.15 bits per heavy atom. The highest BCUT2D eigenvalue weighted by atomic mass is 32.2. The second-order valence-corrected chi connectivity index (χ2v) is 3.51. The molecule has 78 valence electrons. The fourth-order valence-electron chi connectivity index (χ4n) is 0.489. The molecule has 7 heteroatoms. The zero-order valence-corrected chi connectivity index (χ0v) is 7.71. The van der Waals surface area contributed by atoms with Crippen LogP contribution >= 0.6 is 11.8 Å². The Bertz CT molecular complexity index is 174. The summed E-state index contributed by atoms with van der Waals surface area (Å²) in [7, 11) is 0. The van der Waals surface area contributed by atoms with Crippen LogP contribution in [-0.4, -0.2) is 34.9 Å². The van der Waals surface area contributed by atoms with E-state index in [-0.39, 0.29) is 10.9 Å². The van der Waals surface area contributed by atoms with Gasteiger partial charge in [0.05, 0.1) is 6.54 Å². The van der Waals surface area contributed by atoms with Crippen LogP contribution in [0.4, 0.5) is 13.2 Å². The summed E-state index contributed by atoms with van der Waals surface area (Å²) in [6.07, 6.45) is -5.66. The van der Waals surface area contributed by atoms with Crippen LogP contribution in [0.25, 0.3) is 0 Å². The van der Waals surface area contributed by atoms with Gasteiger partial charge in [-0.05, 0) is 0 Å². The number of nitrogens with one attached hydrogen (secondary N) is 1. The van der Waals surface area contributed by atoms with Gasteiger partial charge < -0.3 is 5.11 Å². The molecule has 0 amide bonds. The minimum Gasteiger partial charge on any atom is -0.378 e. The molecule has 13 heavy (non-hydrogen) atoms. The van der Waals surface area contributed by atoms with E-state index >= 15 is 0 Å². The standard InChI is InChI=1S/C6H10F3NO2S/c1-4(11)13-2-5(12)10-3-6(7,8)9/h5,10,12H,2-3H2,1H3. The average Bonchev–Trinajstić information content (AvgIpc) is 1.95. The van der Waals surface area contributed by atoms with Gasteiger partial charge >= 0.3 is 6.18 Å². The highest BCUT2D eigenvalue weighted by molar-refractivity contribution is 8.13. The number of halogens is 3. The first kappa shape index (κ1) is 12.7. The number of aliphatic hydroxyl groups is 1. The molecule has 0 radical (unpaired) electrons. The van der Waals surface area contributed by atoms with E-state index in [9.17, 15) is 18.0 Å². The molecule has 0 spiro atoms. The Balaban J connectivity index is 3.52. The molecule has 0 aliphatic heterocycles. The first-order valence-corrected chi connectivity index (χ1v) is 4.41. The van der Waals surface area contributed by atoms with Crippen LogP contribution in [0.3, 0.4) is 0 Å². The van der Waals surface area contributed by atoms with E-state index in [1.54, 1.807) is 0 Å². The molecule has 0 heterocycles. The van der Waals surface area contributed by atoms with Crippen molar-refractivity contribution in [3.63, 3.8) is 0 Å². The molecule has 0 saturated carbocycles.